The highest BCUT2D eigenvalue weighted by atomic mass is 32.2. The third-order valence-corrected chi connectivity index (χ3v) is 10.5. The molecule has 4 N–H and O–H groups in total. The van der Waals surface area contributed by atoms with Gasteiger partial charge < -0.3 is 15.5 Å². The van der Waals surface area contributed by atoms with E-state index in [-0.39, 0.29) is 22.7 Å². The lowest BCUT2D eigenvalue weighted by Crippen LogP contribution is -2.43. The molecule has 1 saturated carbocycles. The molecule has 0 spiro atoms. The van der Waals surface area contributed by atoms with Crippen molar-refractivity contribution in [2.75, 3.05) is 30.8 Å². The summed E-state index contributed by atoms with van der Waals surface area (Å²) in [5.41, 5.74) is 2.94. The fourth-order valence-electron chi connectivity index (χ4n) is 4.49. The fourth-order valence-corrected chi connectivity index (χ4v) is 7.20. The molecule has 0 radical (unpaired) electrons. The van der Waals surface area contributed by atoms with Crippen LogP contribution in [0.5, 0.6) is 0 Å². The SMILES string of the molecule is Cc1cnc(Nc2cccc(S(=O)(=O)NC3CCN(C)CC3)c2)nc1Nc1cccc(CNS(=O)(=O)C2CC2)c1. The minimum Gasteiger partial charge on any atom is -0.340 e. The van der Waals surface area contributed by atoms with E-state index in [1.54, 1.807) is 30.5 Å². The molecular weight excluding hydrogens is 550 g/mol. The normalized spacial score (nSPS) is 17.1. The zero-order valence-electron chi connectivity index (χ0n) is 22.6. The molecular formula is C27H35N7O4S2. The number of aromatic nitrogens is 2. The lowest BCUT2D eigenvalue weighted by atomic mass is 10.1. The van der Waals surface area contributed by atoms with Crippen LogP contribution in [0, 0.1) is 6.92 Å². The summed E-state index contributed by atoms with van der Waals surface area (Å²) in [6, 6.07) is 14.0. The van der Waals surface area contributed by atoms with Crippen LogP contribution >= 0.6 is 0 Å². The summed E-state index contributed by atoms with van der Waals surface area (Å²) in [6.07, 6.45) is 4.66. The van der Waals surface area contributed by atoms with Gasteiger partial charge in [-0.2, -0.15) is 4.98 Å². The van der Waals surface area contributed by atoms with Gasteiger partial charge in [0.1, 0.15) is 5.82 Å². The molecule has 2 heterocycles. The third-order valence-electron chi connectivity index (χ3n) is 7.04. The molecule has 3 aromatic rings. The van der Waals surface area contributed by atoms with E-state index < -0.39 is 20.0 Å². The molecule has 214 valence electrons. The second-order valence-corrected chi connectivity index (χ2v) is 14.2. The minimum absolute atomic E-state index is 0.0798. The first kappa shape index (κ1) is 28.4. The van der Waals surface area contributed by atoms with E-state index in [1.807, 2.05) is 38.2 Å². The van der Waals surface area contributed by atoms with Crippen molar-refractivity contribution in [2.24, 2.45) is 0 Å². The van der Waals surface area contributed by atoms with Gasteiger partial charge in [-0.25, -0.2) is 31.3 Å². The molecule has 2 fully saturated rings. The first-order valence-corrected chi connectivity index (χ1v) is 16.4. The van der Waals surface area contributed by atoms with E-state index in [1.165, 1.54) is 0 Å². The van der Waals surface area contributed by atoms with E-state index in [0.29, 0.717) is 17.5 Å². The Kier molecular flexibility index (Phi) is 8.38. The second-order valence-electron chi connectivity index (χ2n) is 10.5. The van der Waals surface area contributed by atoms with Crippen molar-refractivity contribution >= 4 is 43.2 Å². The van der Waals surface area contributed by atoms with Crippen LogP contribution in [0.15, 0.2) is 59.6 Å². The van der Waals surface area contributed by atoms with Crippen molar-refractivity contribution in [2.45, 2.75) is 55.3 Å². The number of piperidine rings is 1. The van der Waals surface area contributed by atoms with Gasteiger partial charge in [0.05, 0.1) is 10.1 Å². The Morgan fingerprint density at radius 2 is 1.62 bits per heavy atom. The highest BCUT2D eigenvalue weighted by Gasteiger charge is 2.35. The van der Waals surface area contributed by atoms with Gasteiger partial charge in [-0.1, -0.05) is 18.2 Å². The van der Waals surface area contributed by atoms with Crippen molar-refractivity contribution in [3.05, 3.63) is 65.9 Å². The molecule has 1 aliphatic heterocycles. The molecule has 1 aliphatic carbocycles. The lowest BCUT2D eigenvalue weighted by molar-refractivity contribution is 0.248. The predicted octanol–water partition coefficient (Wildman–Crippen LogP) is 3.23. The van der Waals surface area contributed by atoms with Crippen molar-refractivity contribution in [1.82, 2.24) is 24.3 Å². The third kappa shape index (κ3) is 7.34. The summed E-state index contributed by atoms with van der Waals surface area (Å²) in [7, 11) is -4.90. The van der Waals surface area contributed by atoms with Crippen LogP contribution in [-0.2, 0) is 26.6 Å². The van der Waals surface area contributed by atoms with Crippen LogP contribution in [0.25, 0.3) is 0 Å². The molecule has 1 saturated heterocycles. The Morgan fingerprint density at radius 1 is 0.925 bits per heavy atom. The minimum atomic E-state index is -3.67. The van der Waals surface area contributed by atoms with Crippen molar-refractivity contribution < 1.29 is 16.8 Å². The number of likely N-dealkylation sites (tertiary alicyclic amines) is 1. The van der Waals surface area contributed by atoms with E-state index in [9.17, 15) is 16.8 Å². The van der Waals surface area contributed by atoms with Gasteiger partial charge >= 0.3 is 0 Å². The number of hydrogen-bond donors (Lipinski definition) is 4. The van der Waals surface area contributed by atoms with Crippen LogP contribution in [0.1, 0.15) is 36.8 Å². The number of nitrogens with zero attached hydrogens (tertiary/aromatic N) is 3. The Hall–Kier alpha value is -3.10. The smallest absolute Gasteiger partial charge is 0.240 e. The van der Waals surface area contributed by atoms with Gasteiger partial charge in [-0.05, 0) is 88.6 Å². The number of sulfonamides is 2. The maximum Gasteiger partial charge on any atom is 0.240 e. The molecule has 0 bridgehead atoms. The van der Waals surface area contributed by atoms with E-state index in [0.717, 1.165) is 55.6 Å². The molecule has 5 rings (SSSR count). The molecule has 13 heteroatoms. The summed E-state index contributed by atoms with van der Waals surface area (Å²) >= 11 is 0. The van der Waals surface area contributed by atoms with Crippen molar-refractivity contribution in [3.63, 3.8) is 0 Å². The molecule has 40 heavy (non-hydrogen) atoms. The zero-order valence-corrected chi connectivity index (χ0v) is 24.2. The Morgan fingerprint density at radius 3 is 2.35 bits per heavy atom. The van der Waals surface area contributed by atoms with E-state index in [4.69, 9.17) is 0 Å². The van der Waals surface area contributed by atoms with E-state index >= 15 is 0 Å². The van der Waals surface area contributed by atoms with Gasteiger partial charge in [0.15, 0.2) is 0 Å². The molecule has 0 unspecified atom stereocenters. The number of benzene rings is 2. The van der Waals surface area contributed by atoms with Gasteiger partial charge in [0.25, 0.3) is 0 Å². The standard InChI is InChI=1S/C27H35N7O4S2/c1-19-17-28-27(31-23-7-4-8-25(16-23)40(37,38)33-21-11-13-34(2)14-12-21)32-26(19)30-22-6-3-5-20(15-22)18-29-39(35,36)24-9-10-24/h3-8,15-17,21,24,29,33H,9-14,18H2,1-2H3,(H2,28,30,31,32). The number of anilines is 4. The Labute approximate surface area is 235 Å². The van der Waals surface area contributed by atoms with Crippen LogP contribution < -0.4 is 20.1 Å². The summed E-state index contributed by atoms with van der Waals surface area (Å²) < 4.78 is 55.9. The molecule has 2 aromatic carbocycles. The second kappa shape index (κ2) is 11.8. The maximum atomic E-state index is 13.0. The molecule has 0 amide bonds. The fraction of sp³-hybridized carbons (Fsp3) is 0.407. The number of nitrogens with one attached hydrogen (secondary N) is 4. The lowest BCUT2D eigenvalue weighted by Gasteiger charge is -2.29. The largest absolute Gasteiger partial charge is 0.340 e. The summed E-state index contributed by atoms with van der Waals surface area (Å²) in [4.78, 5) is 11.3. The van der Waals surface area contributed by atoms with Crippen LogP contribution in [-0.4, -0.2) is 63.1 Å². The van der Waals surface area contributed by atoms with Crippen LogP contribution in [0.4, 0.5) is 23.1 Å². The topological polar surface area (TPSA) is 145 Å². The quantitative estimate of drug-likeness (QED) is 0.266. The van der Waals surface area contributed by atoms with Gasteiger partial charge in [0, 0.05) is 35.7 Å². The predicted molar refractivity (Wildman–Crippen MR) is 156 cm³/mol. The molecule has 0 atom stereocenters. The van der Waals surface area contributed by atoms with E-state index in [2.05, 4.69) is 34.9 Å². The Bertz CT molecular complexity index is 1570. The highest BCUT2D eigenvalue weighted by Crippen LogP contribution is 2.28. The Balaban J connectivity index is 1.25. The van der Waals surface area contributed by atoms with Crippen LogP contribution in [0.3, 0.4) is 0 Å². The molecule has 11 nitrogen and oxygen atoms in total. The van der Waals surface area contributed by atoms with Crippen molar-refractivity contribution in [3.8, 4) is 0 Å². The average Bonchev–Trinajstić information content (AvgIpc) is 3.78. The van der Waals surface area contributed by atoms with Gasteiger partial charge in [-0.3, -0.25) is 0 Å². The number of hydrogen-bond acceptors (Lipinski definition) is 9. The first-order valence-electron chi connectivity index (χ1n) is 13.3. The summed E-state index contributed by atoms with van der Waals surface area (Å²) in [5, 5.41) is 6.12. The molecule has 2 aliphatic rings. The number of aryl methyl sites for hydroxylation is 1. The van der Waals surface area contributed by atoms with Crippen LogP contribution in [0.2, 0.25) is 0 Å². The molecule has 1 aromatic heterocycles. The maximum absolute atomic E-state index is 13.0. The highest BCUT2D eigenvalue weighted by molar-refractivity contribution is 7.90. The summed E-state index contributed by atoms with van der Waals surface area (Å²) in [5.74, 6) is 0.875. The first-order chi connectivity index (χ1) is 19.1. The van der Waals surface area contributed by atoms with Gasteiger partial charge in [-0.15, -0.1) is 0 Å². The average molecular weight is 586 g/mol. The number of rotatable bonds is 11. The van der Waals surface area contributed by atoms with Gasteiger partial charge in [0.2, 0.25) is 26.0 Å². The monoisotopic (exact) mass is 585 g/mol. The summed E-state index contributed by atoms with van der Waals surface area (Å²) in [6.45, 7) is 3.82. The van der Waals surface area contributed by atoms with Crippen molar-refractivity contribution in [1.29, 1.82) is 0 Å². The zero-order chi connectivity index (χ0) is 28.3.